The summed E-state index contributed by atoms with van der Waals surface area (Å²) in [6.45, 7) is 8.64. The summed E-state index contributed by atoms with van der Waals surface area (Å²) in [4.78, 5) is 23.1. The first kappa shape index (κ1) is 16.9. The van der Waals surface area contributed by atoms with Crippen LogP contribution >= 0.6 is 0 Å². The quantitative estimate of drug-likeness (QED) is 0.725. The Hall–Kier alpha value is -2.18. The van der Waals surface area contributed by atoms with Crippen LogP contribution in [0.2, 0.25) is 0 Å². The molecule has 0 unspecified atom stereocenters. The first-order valence-corrected chi connectivity index (χ1v) is 6.98. The van der Waals surface area contributed by atoms with Gasteiger partial charge in [0.25, 0.3) is 5.91 Å². The molecule has 1 heterocycles. The number of hydrogen-bond donors (Lipinski definition) is 3. The van der Waals surface area contributed by atoms with E-state index in [0.717, 1.165) is 0 Å². The summed E-state index contributed by atoms with van der Waals surface area (Å²) in [6, 6.07) is 3.26. The van der Waals surface area contributed by atoms with Crippen molar-refractivity contribution in [1.82, 2.24) is 20.8 Å². The monoisotopic (exact) mass is 293 g/mol. The van der Waals surface area contributed by atoms with Crippen LogP contribution in [0.1, 0.15) is 44.6 Å². The molecule has 0 aliphatic carbocycles. The van der Waals surface area contributed by atoms with Crippen molar-refractivity contribution in [3.8, 4) is 0 Å². The van der Waals surface area contributed by atoms with Crippen molar-refractivity contribution in [2.45, 2.75) is 39.7 Å². The van der Waals surface area contributed by atoms with E-state index in [4.69, 9.17) is 0 Å². The predicted molar refractivity (Wildman–Crippen MR) is 81.0 cm³/mol. The van der Waals surface area contributed by atoms with Crippen LogP contribution in [0.5, 0.6) is 0 Å². The number of nitrogens with one attached hydrogen (secondary N) is 3. The highest BCUT2D eigenvalue weighted by molar-refractivity contribution is 5.92. The minimum Gasteiger partial charge on any atom is -0.368 e. The molecule has 0 spiro atoms. The lowest BCUT2D eigenvalue weighted by Crippen LogP contribution is -2.41. The molecule has 3 N–H and O–H groups in total. The van der Waals surface area contributed by atoms with Crippen LogP contribution in [0.4, 0.5) is 5.82 Å². The third-order valence-electron chi connectivity index (χ3n) is 2.41. The fourth-order valence-corrected chi connectivity index (χ4v) is 1.58. The molecule has 0 saturated carbocycles. The number of nitrogens with zero attached hydrogens (tertiary/aromatic N) is 2. The van der Waals surface area contributed by atoms with Gasteiger partial charge in [0, 0.05) is 25.0 Å². The Morgan fingerprint density at radius 3 is 2.43 bits per heavy atom. The molecule has 7 heteroatoms. The normalized spacial score (nSPS) is 10.9. The number of anilines is 1. The van der Waals surface area contributed by atoms with Gasteiger partial charge in [-0.25, -0.2) is 0 Å². The highest BCUT2D eigenvalue weighted by Crippen LogP contribution is 2.03. The molecular weight excluding hydrogens is 270 g/mol. The molecule has 2 amide bonds. The van der Waals surface area contributed by atoms with Gasteiger partial charge in [0.2, 0.25) is 5.91 Å². The van der Waals surface area contributed by atoms with E-state index in [1.807, 2.05) is 27.7 Å². The maximum absolute atomic E-state index is 11.6. The molecule has 1 aromatic heterocycles. The molecule has 0 radical (unpaired) electrons. The molecule has 0 bridgehead atoms. The molecule has 7 nitrogen and oxygen atoms in total. The van der Waals surface area contributed by atoms with E-state index in [1.54, 1.807) is 12.1 Å². The van der Waals surface area contributed by atoms with Crippen molar-refractivity contribution in [3.05, 3.63) is 17.8 Å². The second kappa shape index (κ2) is 7.56. The third kappa shape index (κ3) is 6.69. The summed E-state index contributed by atoms with van der Waals surface area (Å²) >= 11 is 0. The van der Waals surface area contributed by atoms with Crippen molar-refractivity contribution in [2.24, 2.45) is 0 Å². The third-order valence-corrected chi connectivity index (χ3v) is 2.41. The highest BCUT2D eigenvalue weighted by atomic mass is 16.2. The summed E-state index contributed by atoms with van der Waals surface area (Å²) in [5.41, 5.74) is 0.0402. The average Bonchev–Trinajstić information content (AvgIpc) is 2.37. The van der Waals surface area contributed by atoms with Gasteiger partial charge in [-0.3, -0.25) is 9.59 Å². The molecule has 1 rings (SSSR count). The van der Waals surface area contributed by atoms with E-state index < -0.39 is 0 Å². The average molecular weight is 293 g/mol. The van der Waals surface area contributed by atoms with Crippen LogP contribution in [0, 0.1) is 0 Å². The first-order valence-electron chi connectivity index (χ1n) is 6.98. The van der Waals surface area contributed by atoms with E-state index in [2.05, 4.69) is 26.1 Å². The Kier molecular flexibility index (Phi) is 6.08. The van der Waals surface area contributed by atoms with E-state index in [1.165, 1.54) is 0 Å². The van der Waals surface area contributed by atoms with E-state index in [0.29, 0.717) is 25.3 Å². The molecule has 1 aromatic rings. The van der Waals surface area contributed by atoms with Crippen LogP contribution < -0.4 is 16.0 Å². The molecule has 0 aromatic carbocycles. The Morgan fingerprint density at radius 2 is 1.90 bits per heavy atom. The zero-order valence-electron chi connectivity index (χ0n) is 13.0. The van der Waals surface area contributed by atoms with Gasteiger partial charge in [-0.15, -0.1) is 10.2 Å². The van der Waals surface area contributed by atoms with Gasteiger partial charge in [0.1, 0.15) is 5.82 Å². The molecule has 21 heavy (non-hydrogen) atoms. The number of rotatable bonds is 6. The molecule has 116 valence electrons. The van der Waals surface area contributed by atoms with Gasteiger partial charge in [-0.1, -0.05) is 0 Å². The molecule has 0 aliphatic heterocycles. The lowest BCUT2D eigenvalue weighted by atomic mass is 10.1. The van der Waals surface area contributed by atoms with Gasteiger partial charge in [-0.2, -0.15) is 0 Å². The smallest absolute Gasteiger partial charge is 0.271 e. The highest BCUT2D eigenvalue weighted by Gasteiger charge is 2.13. The summed E-state index contributed by atoms with van der Waals surface area (Å²) in [5, 5.41) is 16.2. The van der Waals surface area contributed by atoms with E-state index in [9.17, 15) is 9.59 Å². The van der Waals surface area contributed by atoms with Crippen molar-refractivity contribution in [3.63, 3.8) is 0 Å². The van der Waals surface area contributed by atoms with Crippen LogP contribution in [-0.2, 0) is 4.79 Å². The van der Waals surface area contributed by atoms with Crippen molar-refractivity contribution in [2.75, 3.05) is 18.4 Å². The molecule has 0 saturated heterocycles. The Labute approximate surface area is 124 Å². The molecule has 0 aliphatic rings. The van der Waals surface area contributed by atoms with Crippen molar-refractivity contribution in [1.29, 1.82) is 0 Å². The Balaban J connectivity index is 2.40. The SMILES string of the molecule is CCNC(=O)c1ccc(NCCC(=O)NC(C)(C)C)nn1. The maximum Gasteiger partial charge on any atom is 0.271 e. The van der Waals surface area contributed by atoms with E-state index in [-0.39, 0.29) is 23.0 Å². The van der Waals surface area contributed by atoms with E-state index >= 15 is 0 Å². The second-order valence-electron chi connectivity index (χ2n) is 5.64. The zero-order chi connectivity index (χ0) is 15.9. The van der Waals surface area contributed by atoms with Crippen LogP contribution in [0.25, 0.3) is 0 Å². The number of hydrogen-bond acceptors (Lipinski definition) is 5. The van der Waals surface area contributed by atoms with Gasteiger partial charge in [0.05, 0.1) is 0 Å². The summed E-state index contributed by atoms with van der Waals surface area (Å²) in [7, 11) is 0. The Morgan fingerprint density at radius 1 is 1.19 bits per heavy atom. The largest absolute Gasteiger partial charge is 0.368 e. The van der Waals surface area contributed by atoms with Gasteiger partial charge in [0.15, 0.2) is 5.69 Å². The van der Waals surface area contributed by atoms with Crippen LogP contribution in [0.3, 0.4) is 0 Å². The summed E-state index contributed by atoms with van der Waals surface area (Å²) in [5.74, 6) is 0.259. The summed E-state index contributed by atoms with van der Waals surface area (Å²) < 4.78 is 0. The first-order chi connectivity index (χ1) is 9.81. The minimum atomic E-state index is -0.249. The molecule has 0 fully saturated rings. The lowest BCUT2D eigenvalue weighted by molar-refractivity contribution is -0.122. The number of aromatic nitrogens is 2. The van der Waals surface area contributed by atoms with Crippen LogP contribution in [0.15, 0.2) is 12.1 Å². The summed E-state index contributed by atoms with van der Waals surface area (Å²) in [6.07, 6.45) is 0.344. The fraction of sp³-hybridized carbons (Fsp3) is 0.571. The lowest BCUT2D eigenvalue weighted by Gasteiger charge is -2.20. The van der Waals surface area contributed by atoms with Gasteiger partial charge >= 0.3 is 0 Å². The van der Waals surface area contributed by atoms with Gasteiger partial charge in [-0.05, 0) is 39.8 Å². The fourth-order valence-electron chi connectivity index (χ4n) is 1.58. The van der Waals surface area contributed by atoms with Gasteiger partial charge < -0.3 is 16.0 Å². The van der Waals surface area contributed by atoms with Crippen molar-refractivity contribution >= 4 is 17.6 Å². The van der Waals surface area contributed by atoms with Crippen molar-refractivity contribution < 1.29 is 9.59 Å². The van der Waals surface area contributed by atoms with Crippen LogP contribution in [-0.4, -0.2) is 40.6 Å². The number of amides is 2. The minimum absolute atomic E-state index is 0.0260. The molecule has 0 atom stereocenters. The predicted octanol–water partition coefficient (Wildman–Crippen LogP) is 0.943. The second-order valence-corrected chi connectivity index (χ2v) is 5.64. The standard InChI is InChI=1S/C14H23N5O2/c1-5-15-13(21)10-6-7-11(19-18-10)16-9-8-12(20)17-14(2,3)4/h6-7H,5,8-9H2,1-4H3,(H,15,21)(H,16,19)(H,17,20). The Bertz CT molecular complexity index is 479. The maximum atomic E-state index is 11.6. The zero-order valence-corrected chi connectivity index (χ0v) is 13.0. The number of carbonyl (C=O) groups is 2. The number of carbonyl (C=O) groups excluding carboxylic acids is 2. The molecular formula is C14H23N5O2. The topological polar surface area (TPSA) is 96.0 Å².